The van der Waals surface area contributed by atoms with Gasteiger partial charge in [0.15, 0.2) is 0 Å². The average molecular weight is 532 g/mol. The lowest BCUT2D eigenvalue weighted by Crippen LogP contribution is -2.29. The summed E-state index contributed by atoms with van der Waals surface area (Å²) in [5, 5.41) is 1.31. The Labute approximate surface area is 206 Å². The molecule has 0 aliphatic carbocycles. The average Bonchev–Trinajstić information content (AvgIpc) is 3.38. The molecule has 36 heavy (non-hydrogen) atoms. The highest BCUT2D eigenvalue weighted by Gasteiger charge is 2.41. The number of nitrogens with one attached hydrogen (secondary N) is 2. The molecule has 2 aliphatic heterocycles. The summed E-state index contributed by atoms with van der Waals surface area (Å²) in [4.78, 5) is 30.0. The van der Waals surface area contributed by atoms with Crippen molar-refractivity contribution in [1.29, 1.82) is 0 Å². The van der Waals surface area contributed by atoms with Gasteiger partial charge in [-0.05, 0) is 56.0 Å². The fraction of sp³-hybridized carbons (Fsp3) is 0.333. The monoisotopic (exact) mass is 531 g/mol. The van der Waals surface area contributed by atoms with Gasteiger partial charge in [-0.2, -0.15) is 26.3 Å². The topological polar surface area (TPSA) is 65.2 Å². The number of aromatic amines is 1. The minimum Gasteiger partial charge on any atom is -0.366 e. The summed E-state index contributed by atoms with van der Waals surface area (Å²) >= 11 is 0. The van der Waals surface area contributed by atoms with Gasteiger partial charge >= 0.3 is 12.4 Å². The summed E-state index contributed by atoms with van der Waals surface area (Å²) in [6, 6.07) is 6.97. The molecule has 2 aromatic carbocycles. The molecule has 0 spiro atoms. The van der Waals surface area contributed by atoms with Gasteiger partial charge in [-0.1, -0.05) is 6.07 Å². The van der Waals surface area contributed by atoms with Crippen LogP contribution in [0.3, 0.4) is 0 Å². The number of alkyl halides is 6. The van der Waals surface area contributed by atoms with Gasteiger partial charge < -0.3 is 15.2 Å². The quantitative estimate of drug-likeness (QED) is 0.386. The molecule has 1 amide bonds. The van der Waals surface area contributed by atoms with Crippen LogP contribution in [0.4, 0.5) is 37.7 Å². The first-order valence-electron chi connectivity index (χ1n) is 11.0. The van der Waals surface area contributed by atoms with Crippen LogP contribution in [0.5, 0.6) is 0 Å². The highest BCUT2D eigenvalue weighted by atomic mass is 35.5. The Hall–Kier alpha value is -3.21. The maximum absolute atomic E-state index is 13.9. The molecule has 3 aromatic rings. The second-order valence-electron chi connectivity index (χ2n) is 8.81. The number of halogens is 7. The summed E-state index contributed by atoms with van der Waals surface area (Å²) in [5.74, 6) is -1.25. The SMILES string of the molecule is Cl.O=C(Nc1ccc(N2C3CCC2CC3)cc1C(F)(F)F)c1c[nH]c2cccc(C(F)(F)F)c2c1=O. The van der Waals surface area contributed by atoms with Gasteiger partial charge in [-0.15, -0.1) is 12.4 Å². The zero-order valence-electron chi connectivity index (χ0n) is 18.5. The number of H-pyrrole nitrogens is 1. The van der Waals surface area contributed by atoms with Crippen molar-refractivity contribution in [3.05, 3.63) is 69.5 Å². The maximum atomic E-state index is 13.9. The van der Waals surface area contributed by atoms with E-state index < -0.39 is 51.5 Å². The number of carbonyl (C=O) groups is 1. The highest BCUT2D eigenvalue weighted by Crippen LogP contribution is 2.44. The number of carbonyl (C=O) groups excluding carboxylic acids is 1. The molecule has 12 heteroatoms. The van der Waals surface area contributed by atoms with E-state index in [1.165, 1.54) is 12.1 Å². The molecule has 2 saturated heterocycles. The summed E-state index contributed by atoms with van der Waals surface area (Å²) in [5.41, 5.74) is -4.64. The van der Waals surface area contributed by atoms with E-state index in [2.05, 4.69) is 10.3 Å². The first-order valence-corrected chi connectivity index (χ1v) is 11.0. The van der Waals surface area contributed by atoms with Crippen molar-refractivity contribution in [3.63, 3.8) is 0 Å². The molecule has 3 heterocycles. The summed E-state index contributed by atoms with van der Waals surface area (Å²) in [6.07, 6.45) is -5.13. The van der Waals surface area contributed by atoms with E-state index in [0.29, 0.717) is 11.8 Å². The van der Waals surface area contributed by atoms with E-state index in [0.717, 1.165) is 50.1 Å². The summed E-state index contributed by atoms with van der Waals surface area (Å²) < 4.78 is 81.9. The molecule has 0 unspecified atom stereocenters. The predicted molar refractivity (Wildman–Crippen MR) is 125 cm³/mol. The number of nitrogens with zero attached hydrogens (tertiary/aromatic N) is 1. The molecule has 2 fully saturated rings. The second kappa shape index (κ2) is 9.02. The normalized spacial score (nSPS) is 19.4. The molecule has 192 valence electrons. The van der Waals surface area contributed by atoms with Gasteiger partial charge in [-0.3, -0.25) is 9.59 Å². The van der Waals surface area contributed by atoms with Crippen LogP contribution in [0.15, 0.2) is 47.4 Å². The van der Waals surface area contributed by atoms with E-state index in [-0.39, 0.29) is 30.0 Å². The van der Waals surface area contributed by atoms with Gasteiger partial charge in [0, 0.05) is 29.5 Å². The zero-order valence-corrected chi connectivity index (χ0v) is 19.3. The van der Waals surface area contributed by atoms with E-state index >= 15 is 0 Å². The van der Waals surface area contributed by atoms with Crippen LogP contribution in [0.25, 0.3) is 10.9 Å². The third-order valence-electron chi connectivity index (χ3n) is 6.77. The highest BCUT2D eigenvalue weighted by molar-refractivity contribution is 6.06. The van der Waals surface area contributed by atoms with Gasteiger partial charge in [0.25, 0.3) is 5.91 Å². The van der Waals surface area contributed by atoms with Crippen LogP contribution in [-0.2, 0) is 12.4 Å². The number of pyridine rings is 1. The van der Waals surface area contributed by atoms with Gasteiger partial charge in [-0.25, -0.2) is 0 Å². The van der Waals surface area contributed by atoms with Gasteiger partial charge in [0.1, 0.15) is 5.56 Å². The first kappa shape index (κ1) is 25.9. The Morgan fingerprint density at radius 1 is 0.917 bits per heavy atom. The molecule has 1 aromatic heterocycles. The van der Waals surface area contributed by atoms with E-state index in [1.807, 2.05) is 4.90 Å². The third-order valence-corrected chi connectivity index (χ3v) is 6.77. The smallest absolute Gasteiger partial charge is 0.366 e. The van der Waals surface area contributed by atoms with Crippen LogP contribution < -0.4 is 15.6 Å². The number of fused-ring (bicyclic) bond motifs is 3. The molecule has 0 atom stereocenters. The molecular weight excluding hydrogens is 512 g/mol. The number of hydrogen-bond acceptors (Lipinski definition) is 3. The Kier molecular flexibility index (Phi) is 6.48. The van der Waals surface area contributed by atoms with Crippen molar-refractivity contribution in [2.75, 3.05) is 10.2 Å². The predicted octanol–water partition coefficient (Wildman–Crippen LogP) is 6.37. The lowest BCUT2D eigenvalue weighted by molar-refractivity contribution is -0.137. The molecule has 0 radical (unpaired) electrons. The molecule has 2 aliphatic rings. The standard InChI is InChI=1S/C24H19F6N3O2.ClH/c25-23(26,27)16-2-1-3-19-20(16)21(34)15(11-31-19)22(35)32-18-9-8-14(10-17(18)24(28,29)30)33-12-4-5-13(33)7-6-12;/h1-3,8-13H,4-7H2,(H,31,34)(H,32,35);1H. The summed E-state index contributed by atoms with van der Waals surface area (Å²) in [6.45, 7) is 0. The Morgan fingerprint density at radius 3 is 2.11 bits per heavy atom. The number of hydrogen-bond donors (Lipinski definition) is 2. The van der Waals surface area contributed by atoms with Crippen molar-refractivity contribution in [3.8, 4) is 0 Å². The lowest BCUT2D eigenvalue weighted by atomic mass is 10.0. The number of benzene rings is 2. The molecule has 5 nitrogen and oxygen atoms in total. The molecule has 0 saturated carbocycles. The number of anilines is 2. The zero-order chi connectivity index (χ0) is 25.1. The fourth-order valence-corrected chi connectivity index (χ4v) is 5.23. The Morgan fingerprint density at radius 2 is 1.53 bits per heavy atom. The van der Waals surface area contributed by atoms with E-state index in [4.69, 9.17) is 0 Å². The number of amides is 1. The van der Waals surface area contributed by atoms with Crippen molar-refractivity contribution < 1.29 is 31.1 Å². The van der Waals surface area contributed by atoms with Crippen LogP contribution in [0, 0.1) is 0 Å². The lowest BCUT2D eigenvalue weighted by Gasteiger charge is -2.26. The first-order chi connectivity index (χ1) is 16.4. The van der Waals surface area contributed by atoms with Crippen LogP contribution in [-0.4, -0.2) is 23.0 Å². The van der Waals surface area contributed by atoms with Crippen LogP contribution in [0.2, 0.25) is 0 Å². The third kappa shape index (κ3) is 4.40. The van der Waals surface area contributed by atoms with Crippen LogP contribution in [0.1, 0.15) is 47.2 Å². The molecule has 2 N–H and O–H groups in total. The van der Waals surface area contributed by atoms with Crippen molar-refractivity contribution >= 4 is 40.6 Å². The van der Waals surface area contributed by atoms with Crippen molar-refractivity contribution in [2.45, 2.75) is 50.1 Å². The second-order valence-corrected chi connectivity index (χ2v) is 8.81. The maximum Gasteiger partial charge on any atom is 0.418 e. The van der Waals surface area contributed by atoms with E-state index in [1.54, 1.807) is 0 Å². The van der Waals surface area contributed by atoms with Crippen molar-refractivity contribution in [2.24, 2.45) is 0 Å². The van der Waals surface area contributed by atoms with Crippen LogP contribution >= 0.6 is 12.4 Å². The number of rotatable bonds is 3. The van der Waals surface area contributed by atoms with Crippen molar-refractivity contribution in [1.82, 2.24) is 4.98 Å². The number of aromatic nitrogens is 1. The minimum atomic E-state index is -4.87. The molecular formula is C24H20ClF6N3O2. The minimum absolute atomic E-state index is 0. The Bertz CT molecular complexity index is 1360. The van der Waals surface area contributed by atoms with Gasteiger partial charge in [0.2, 0.25) is 5.43 Å². The molecule has 2 bridgehead atoms. The van der Waals surface area contributed by atoms with E-state index in [9.17, 15) is 35.9 Å². The largest absolute Gasteiger partial charge is 0.418 e. The summed E-state index contributed by atoms with van der Waals surface area (Å²) in [7, 11) is 0. The van der Waals surface area contributed by atoms with Gasteiger partial charge in [0.05, 0.1) is 22.2 Å². The fourth-order valence-electron chi connectivity index (χ4n) is 5.23. The molecule has 5 rings (SSSR count). The Balaban J connectivity index is 0.00000304.